The number of carboxylic acid groups (broad SMARTS) is 1. The highest BCUT2D eigenvalue weighted by molar-refractivity contribution is 5.68. The third kappa shape index (κ3) is 3.04. The van der Waals surface area contributed by atoms with Crippen LogP contribution in [0.1, 0.15) is 29.3 Å². The monoisotopic (exact) mass is 310 g/mol. The van der Waals surface area contributed by atoms with Gasteiger partial charge in [0.15, 0.2) is 0 Å². The summed E-state index contributed by atoms with van der Waals surface area (Å²) in [6.07, 6.45) is 4.97. The minimum atomic E-state index is -0.882. The lowest BCUT2D eigenvalue weighted by Gasteiger charge is -2.18. The van der Waals surface area contributed by atoms with Gasteiger partial charge in [0.05, 0.1) is 12.7 Å². The van der Waals surface area contributed by atoms with E-state index in [1.165, 1.54) is 0 Å². The number of hydrogen-bond donors (Lipinski definition) is 1. The molecule has 1 aromatic carbocycles. The zero-order valence-electron chi connectivity index (χ0n) is 13.1. The Balaban J connectivity index is 2.11. The summed E-state index contributed by atoms with van der Waals surface area (Å²) in [6.45, 7) is 4.05. The Hall–Kier alpha value is -2.82. The maximum absolute atomic E-state index is 11.3. The Labute approximate surface area is 134 Å². The van der Waals surface area contributed by atoms with Crippen molar-refractivity contribution in [3.8, 4) is 11.4 Å². The van der Waals surface area contributed by atoms with Gasteiger partial charge in [0.2, 0.25) is 0 Å². The molecule has 0 fully saturated rings. The molecule has 3 rings (SSSR count). The van der Waals surface area contributed by atoms with Gasteiger partial charge in [-0.15, -0.1) is 0 Å². The molecule has 0 aliphatic heterocycles. The molecule has 0 saturated carbocycles. The van der Waals surface area contributed by atoms with Gasteiger partial charge in [-0.2, -0.15) is 0 Å². The average Bonchev–Trinajstić information content (AvgIpc) is 3.18. The van der Waals surface area contributed by atoms with Crippen LogP contribution in [0.4, 0.5) is 0 Å². The minimum absolute atomic E-state index is 0.0677. The molecular weight excluding hydrogens is 292 g/mol. The van der Waals surface area contributed by atoms with Gasteiger partial charge in [0.1, 0.15) is 17.6 Å². The zero-order valence-corrected chi connectivity index (χ0v) is 13.1. The van der Waals surface area contributed by atoms with Crippen LogP contribution < -0.4 is 0 Å². The van der Waals surface area contributed by atoms with E-state index in [1.807, 2.05) is 30.5 Å². The van der Waals surface area contributed by atoms with E-state index in [2.05, 4.69) is 11.1 Å². The first-order valence-corrected chi connectivity index (χ1v) is 7.42. The molecule has 0 unspecified atom stereocenters. The number of aliphatic carboxylic acids is 1. The molecule has 2 aromatic heterocycles. The smallest absolute Gasteiger partial charge is 0.305 e. The van der Waals surface area contributed by atoms with Gasteiger partial charge in [0, 0.05) is 18.0 Å². The molecule has 0 aliphatic carbocycles. The van der Waals surface area contributed by atoms with Gasteiger partial charge >= 0.3 is 5.97 Å². The summed E-state index contributed by atoms with van der Waals surface area (Å²) in [7, 11) is 0. The quantitative estimate of drug-likeness (QED) is 0.777. The fourth-order valence-electron chi connectivity index (χ4n) is 2.73. The van der Waals surface area contributed by atoms with Crippen molar-refractivity contribution < 1.29 is 14.3 Å². The van der Waals surface area contributed by atoms with E-state index in [1.54, 1.807) is 30.8 Å². The molecule has 0 saturated heterocycles. The molecular formula is C18H18N2O3. The predicted molar refractivity (Wildman–Crippen MR) is 86.2 cm³/mol. The van der Waals surface area contributed by atoms with Crippen LogP contribution in [-0.2, 0) is 4.79 Å². The average molecular weight is 310 g/mol. The highest BCUT2D eigenvalue weighted by Crippen LogP contribution is 2.30. The van der Waals surface area contributed by atoms with E-state index in [0.29, 0.717) is 5.76 Å². The number of rotatable bonds is 5. The lowest BCUT2D eigenvalue weighted by molar-refractivity contribution is -0.137. The van der Waals surface area contributed by atoms with Gasteiger partial charge in [-0.1, -0.05) is 17.7 Å². The first kappa shape index (κ1) is 15.1. The highest BCUT2D eigenvalue weighted by atomic mass is 16.4. The van der Waals surface area contributed by atoms with Crippen molar-refractivity contribution in [1.82, 2.24) is 9.55 Å². The van der Waals surface area contributed by atoms with Gasteiger partial charge in [-0.25, -0.2) is 4.98 Å². The van der Waals surface area contributed by atoms with Crippen LogP contribution >= 0.6 is 0 Å². The van der Waals surface area contributed by atoms with Gasteiger partial charge in [-0.05, 0) is 37.6 Å². The maximum atomic E-state index is 11.3. The third-order valence-corrected chi connectivity index (χ3v) is 3.88. The Morgan fingerprint density at radius 1 is 1.35 bits per heavy atom. The van der Waals surface area contributed by atoms with Crippen LogP contribution in [0.5, 0.6) is 0 Å². The number of imidazole rings is 1. The van der Waals surface area contributed by atoms with Crippen LogP contribution in [0.2, 0.25) is 0 Å². The van der Waals surface area contributed by atoms with Crippen LogP contribution in [-0.4, -0.2) is 20.6 Å². The summed E-state index contributed by atoms with van der Waals surface area (Å²) in [5.41, 5.74) is 3.22. The van der Waals surface area contributed by atoms with Crippen molar-refractivity contribution >= 4 is 5.97 Å². The Kier molecular flexibility index (Phi) is 4.02. The zero-order chi connectivity index (χ0) is 16.4. The van der Waals surface area contributed by atoms with Crippen molar-refractivity contribution in [1.29, 1.82) is 0 Å². The van der Waals surface area contributed by atoms with Crippen LogP contribution in [0.15, 0.2) is 53.4 Å². The standard InChI is InChI=1S/C18H18N2O3/c1-12-5-6-13(2)14(10-12)18-19-7-8-20(18)15(11-17(21)22)16-4-3-9-23-16/h3-10,15H,11H2,1-2H3,(H,21,22)/t15-/m0/s1. The molecule has 5 heteroatoms. The second-order valence-corrected chi connectivity index (χ2v) is 5.61. The van der Waals surface area contributed by atoms with Gasteiger partial charge in [-0.3, -0.25) is 4.79 Å². The van der Waals surface area contributed by atoms with E-state index < -0.39 is 12.0 Å². The van der Waals surface area contributed by atoms with Crippen molar-refractivity contribution in [2.24, 2.45) is 0 Å². The molecule has 23 heavy (non-hydrogen) atoms. The summed E-state index contributed by atoms with van der Waals surface area (Å²) in [5, 5.41) is 9.27. The molecule has 2 heterocycles. The number of carboxylic acids is 1. The largest absolute Gasteiger partial charge is 0.481 e. The number of hydrogen-bond acceptors (Lipinski definition) is 3. The highest BCUT2D eigenvalue weighted by Gasteiger charge is 2.23. The second-order valence-electron chi connectivity index (χ2n) is 5.61. The van der Waals surface area contributed by atoms with Crippen LogP contribution in [0.25, 0.3) is 11.4 Å². The number of carbonyl (C=O) groups is 1. The van der Waals surface area contributed by atoms with Gasteiger partial charge < -0.3 is 14.1 Å². The lowest BCUT2D eigenvalue weighted by atomic mass is 10.0. The van der Waals surface area contributed by atoms with Crippen molar-refractivity contribution in [3.63, 3.8) is 0 Å². The molecule has 0 spiro atoms. The number of nitrogens with zero attached hydrogens (tertiary/aromatic N) is 2. The normalized spacial score (nSPS) is 12.3. The second kappa shape index (κ2) is 6.12. The number of benzene rings is 1. The minimum Gasteiger partial charge on any atom is -0.481 e. The topological polar surface area (TPSA) is 68.3 Å². The summed E-state index contributed by atoms with van der Waals surface area (Å²) in [6, 6.07) is 9.28. The first-order valence-electron chi connectivity index (χ1n) is 7.42. The molecule has 0 aliphatic rings. The number of aromatic nitrogens is 2. The fraction of sp³-hybridized carbons (Fsp3) is 0.222. The SMILES string of the molecule is Cc1ccc(C)c(-c2nccn2[C@@H](CC(=O)O)c2ccco2)c1. The van der Waals surface area contributed by atoms with E-state index in [-0.39, 0.29) is 6.42 Å². The van der Waals surface area contributed by atoms with Crippen molar-refractivity contribution in [2.75, 3.05) is 0 Å². The molecule has 0 amide bonds. The lowest BCUT2D eigenvalue weighted by Crippen LogP contribution is -2.15. The Morgan fingerprint density at radius 2 is 2.17 bits per heavy atom. The first-order chi connectivity index (χ1) is 11.1. The van der Waals surface area contributed by atoms with E-state index in [4.69, 9.17) is 4.42 Å². The van der Waals surface area contributed by atoms with Crippen LogP contribution in [0.3, 0.4) is 0 Å². The maximum Gasteiger partial charge on any atom is 0.305 e. The fourth-order valence-corrected chi connectivity index (χ4v) is 2.73. The van der Waals surface area contributed by atoms with E-state index >= 15 is 0 Å². The summed E-state index contributed by atoms with van der Waals surface area (Å²) >= 11 is 0. The number of aryl methyl sites for hydroxylation is 2. The van der Waals surface area contributed by atoms with E-state index in [9.17, 15) is 9.90 Å². The van der Waals surface area contributed by atoms with Crippen LogP contribution in [0, 0.1) is 13.8 Å². The molecule has 1 N–H and O–H groups in total. The predicted octanol–water partition coefficient (Wildman–Crippen LogP) is 3.82. The summed E-state index contributed by atoms with van der Waals surface area (Å²) in [4.78, 5) is 15.7. The molecule has 1 atom stereocenters. The Morgan fingerprint density at radius 3 is 2.87 bits per heavy atom. The molecule has 0 bridgehead atoms. The molecule has 3 aromatic rings. The number of furan rings is 1. The molecule has 118 valence electrons. The molecule has 5 nitrogen and oxygen atoms in total. The van der Waals surface area contributed by atoms with Crippen molar-refractivity contribution in [2.45, 2.75) is 26.3 Å². The van der Waals surface area contributed by atoms with Gasteiger partial charge in [0.25, 0.3) is 0 Å². The van der Waals surface area contributed by atoms with Crippen molar-refractivity contribution in [3.05, 3.63) is 65.9 Å². The van der Waals surface area contributed by atoms with E-state index in [0.717, 1.165) is 22.5 Å². The molecule has 0 radical (unpaired) electrons. The summed E-state index contributed by atoms with van der Waals surface area (Å²) in [5.74, 6) is 0.470. The third-order valence-electron chi connectivity index (χ3n) is 3.88. The Bertz CT molecular complexity index is 819. The summed E-state index contributed by atoms with van der Waals surface area (Å²) < 4.78 is 7.32.